The maximum atomic E-state index is 12.0. The highest BCUT2D eigenvalue weighted by molar-refractivity contribution is 6.33. The van der Waals surface area contributed by atoms with E-state index in [2.05, 4.69) is 5.43 Å². The molecule has 0 aliphatic carbocycles. The van der Waals surface area contributed by atoms with Crippen molar-refractivity contribution in [1.29, 1.82) is 0 Å². The van der Waals surface area contributed by atoms with Crippen LogP contribution in [0.1, 0.15) is 21.7 Å². The van der Waals surface area contributed by atoms with E-state index in [1.165, 1.54) is 0 Å². The lowest BCUT2D eigenvalue weighted by atomic mass is 10.2. The number of nitrogens with two attached hydrogens (primary N) is 1. The fourth-order valence-corrected chi connectivity index (χ4v) is 1.81. The summed E-state index contributed by atoms with van der Waals surface area (Å²) in [5, 5.41) is 0.444. The van der Waals surface area contributed by atoms with Gasteiger partial charge in [0.25, 0.3) is 5.91 Å². The molecule has 18 heavy (non-hydrogen) atoms. The first-order chi connectivity index (χ1) is 8.49. The fraction of sp³-hybridized carbons (Fsp3) is 0.154. The average Bonchev–Trinajstić information content (AvgIpc) is 2.64. The molecular formula is C13H14ClN3O. The number of aromatic nitrogens is 1. The normalized spacial score (nSPS) is 10.4. The van der Waals surface area contributed by atoms with Crippen molar-refractivity contribution in [3.63, 3.8) is 0 Å². The van der Waals surface area contributed by atoms with E-state index in [-0.39, 0.29) is 5.91 Å². The van der Waals surface area contributed by atoms with E-state index in [1.807, 2.05) is 26.0 Å². The molecule has 1 aromatic heterocycles. The second-order valence-electron chi connectivity index (χ2n) is 4.13. The SMILES string of the molecule is Cc1ccc(C)n1NC(=O)c1ccc(Cl)c(N)c1. The van der Waals surface area contributed by atoms with Crippen molar-refractivity contribution < 1.29 is 4.79 Å². The summed E-state index contributed by atoms with van der Waals surface area (Å²) in [6, 6.07) is 8.69. The first-order valence-corrected chi connectivity index (χ1v) is 5.88. The van der Waals surface area contributed by atoms with Gasteiger partial charge in [-0.1, -0.05) is 11.6 Å². The van der Waals surface area contributed by atoms with Crippen LogP contribution in [0.4, 0.5) is 5.69 Å². The van der Waals surface area contributed by atoms with Crippen LogP contribution in [0.2, 0.25) is 5.02 Å². The van der Waals surface area contributed by atoms with Crippen LogP contribution in [0, 0.1) is 13.8 Å². The Morgan fingerprint density at radius 3 is 2.39 bits per heavy atom. The topological polar surface area (TPSA) is 60.0 Å². The second-order valence-corrected chi connectivity index (χ2v) is 4.54. The van der Waals surface area contributed by atoms with Gasteiger partial charge in [-0.25, -0.2) is 0 Å². The number of aryl methyl sites for hydroxylation is 2. The van der Waals surface area contributed by atoms with Gasteiger partial charge in [0.05, 0.1) is 10.7 Å². The minimum absolute atomic E-state index is 0.222. The first kappa shape index (κ1) is 12.5. The first-order valence-electron chi connectivity index (χ1n) is 5.50. The quantitative estimate of drug-likeness (QED) is 0.819. The molecule has 0 spiro atoms. The van der Waals surface area contributed by atoms with Crippen LogP contribution in [-0.2, 0) is 0 Å². The molecular weight excluding hydrogens is 250 g/mol. The summed E-state index contributed by atoms with van der Waals surface area (Å²) in [7, 11) is 0. The van der Waals surface area contributed by atoms with Crippen molar-refractivity contribution in [2.24, 2.45) is 0 Å². The van der Waals surface area contributed by atoms with Gasteiger partial charge < -0.3 is 5.73 Å². The van der Waals surface area contributed by atoms with Crippen molar-refractivity contribution in [3.05, 3.63) is 52.3 Å². The number of rotatable bonds is 2. The van der Waals surface area contributed by atoms with Crippen LogP contribution < -0.4 is 11.2 Å². The lowest BCUT2D eigenvalue weighted by molar-refractivity contribution is 0.101. The Morgan fingerprint density at radius 2 is 1.83 bits per heavy atom. The number of nitrogens with zero attached hydrogens (tertiary/aromatic N) is 1. The molecule has 2 aromatic rings. The Morgan fingerprint density at radius 1 is 1.22 bits per heavy atom. The van der Waals surface area contributed by atoms with E-state index in [9.17, 15) is 4.79 Å². The molecule has 0 bridgehead atoms. The molecule has 1 amide bonds. The van der Waals surface area contributed by atoms with E-state index in [0.717, 1.165) is 11.4 Å². The summed E-state index contributed by atoms with van der Waals surface area (Å²) in [5.74, 6) is -0.222. The molecule has 3 N–H and O–H groups in total. The van der Waals surface area contributed by atoms with Crippen molar-refractivity contribution in [3.8, 4) is 0 Å². The smallest absolute Gasteiger partial charge is 0.270 e. The van der Waals surface area contributed by atoms with E-state index in [0.29, 0.717) is 16.3 Å². The third-order valence-electron chi connectivity index (χ3n) is 2.74. The molecule has 5 heteroatoms. The van der Waals surface area contributed by atoms with E-state index in [4.69, 9.17) is 17.3 Å². The Hall–Kier alpha value is -1.94. The molecule has 2 rings (SSSR count). The highest BCUT2D eigenvalue weighted by atomic mass is 35.5. The van der Waals surface area contributed by atoms with Crippen molar-refractivity contribution >= 4 is 23.2 Å². The largest absolute Gasteiger partial charge is 0.398 e. The summed E-state index contributed by atoms with van der Waals surface area (Å²) >= 11 is 5.82. The Balaban J connectivity index is 2.25. The molecule has 0 unspecified atom stereocenters. The van der Waals surface area contributed by atoms with E-state index in [1.54, 1.807) is 22.9 Å². The van der Waals surface area contributed by atoms with Gasteiger partial charge in [-0.15, -0.1) is 0 Å². The maximum Gasteiger partial charge on any atom is 0.270 e. The minimum atomic E-state index is -0.222. The number of nitrogen functional groups attached to an aromatic ring is 1. The van der Waals surface area contributed by atoms with Crippen LogP contribution in [-0.4, -0.2) is 10.6 Å². The summed E-state index contributed by atoms with van der Waals surface area (Å²) in [4.78, 5) is 12.0. The number of amides is 1. The van der Waals surface area contributed by atoms with Crippen LogP contribution >= 0.6 is 11.6 Å². The number of anilines is 1. The maximum absolute atomic E-state index is 12.0. The van der Waals surface area contributed by atoms with Crippen LogP contribution in [0.3, 0.4) is 0 Å². The van der Waals surface area contributed by atoms with Crippen LogP contribution in [0.15, 0.2) is 30.3 Å². The van der Waals surface area contributed by atoms with Gasteiger partial charge in [-0.2, -0.15) is 0 Å². The zero-order valence-electron chi connectivity index (χ0n) is 10.2. The molecule has 0 atom stereocenters. The van der Waals surface area contributed by atoms with Gasteiger partial charge in [0.15, 0.2) is 0 Å². The molecule has 0 fully saturated rings. The summed E-state index contributed by atoms with van der Waals surface area (Å²) < 4.78 is 1.73. The molecule has 0 saturated heterocycles. The number of hydrogen-bond donors (Lipinski definition) is 2. The van der Waals surface area contributed by atoms with Crippen LogP contribution in [0.5, 0.6) is 0 Å². The highest BCUT2D eigenvalue weighted by Crippen LogP contribution is 2.19. The number of hydrogen-bond acceptors (Lipinski definition) is 2. The summed E-state index contributed by atoms with van der Waals surface area (Å²) in [5.41, 5.74) is 11.3. The molecule has 94 valence electrons. The molecule has 0 radical (unpaired) electrons. The third kappa shape index (κ3) is 2.33. The minimum Gasteiger partial charge on any atom is -0.398 e. The average molecular weight is 264 g/mol. The Labute approximate surface area is 110 Å². The molecule has 1 heterocycles. The van der Waals surface area contributed by atoms with E-state index >= 15 is 0 Å². The Kier molecular flexibility index (Phi) is 3.30. The predicted octanol–water partition coefficient (Wildman–Crippen LogP) is 2.72. The standard InChI is InChI=1S/C13H14ClN3O/c1-8-3-4-9(2)17(8)16-13(18)10-5-6-11(14)12(15)7-10/h3-7H,15H2,1-2H3,(H,16,18). The summed E-state index contributed by atoms with van der Waals surface area (Å²) in [6.45, 7) is 3.84. The molecule has 1 aromatic carbocycles. The summed E-state index contributed by atoms with van der Waals surface area (Å²) in [6.07, 6.45) is 0. The lowest BCUT2D eigenvalue weighted by Crippen LogP contribution is -2.24. The van der Waals surface area contributed by atoms with Gasteiger partial charge in [0.2, 0.25) is 0 Å². The molecule has 4 nitrogen and oxygen atoms in total. The van der Waals surface area contributed by atoms with Crippen molar-refractivity contribution in [2.75, 3.05) is 11.2 Å². The number of carbonyl (C=O) groups excluding carboxylic acids is 1. The zero-order chi connectivity index (χ0) is 13.3. The molecule has 0 aliphatic rings. The van der Waals surface area contributed by atoms with Gasteiger partial charge in [-0.3, -0.25) is 14.9 Å². The lowest BCUT2D eigenvalue weighted by Gasteiger charge is -2.11. The van der Waals surface area contributed by atoms with Gasteiger partial charge in [-0.05, 0) is 44.2 Å². The van der Waals surface area contributed by atoms with Gasteiger partial charge in [0.1, 0.15) is 0 Å². The van der Waals surface area contributed by atoms with Crippen molar-refractivity contribution in [2.45, 2.75) is 13.8 Å². The van der Waals surface area contributed by atoms with Gasteiger partial charge in [0, 0.05) is 17.0 Å². The number of nitrogens with one attached hydrogen (secondary N) is 1. The zero-order valence-corrected chi connectivity index (χ0v) is 11.0. The van der Waals surface area contributed by atoms with Crippen molar-refractivity contribution in [1.82, 2.24) is 4.68 Å². The number of carbonyl (C=O) groups is 1. The van der Waals surface area contributed by atoms with E-state index < -0.39 is 0 Å². The molecule has 0 aliphatic heterocycles. The second kappa shape index (κ2) is 4.74. The number of halogens is 1. The molecule has 0 saturated carbocycles. The van der Waals surface area contributed by atoms with Gasteiger partial charge >= 0.3 is 0 Å². The Bertz CT molecular complexity index is 585. The monoisotopic (exact) mass is 263 g/mol. The third-order valence-corrected chi connectivity index (χ3v) is 3.09. The number of benzene rings is 1. The van der Waals surface area contributed by atoms with Crippen LogP contribution in [0.25, 0.3) is 0 Å². The predicted molar refractivity (Wildman–Crippen MR) is 73.5 cm³/mol. The highest BCUT2D eigenvalue weighted by Gasteiger charge is 2.09. The fourth-order valence-electron chi connectivity index (χ4n) is 1.70.